The molecule has 0 unspecified atom stereocenters. The monoisotopic (exact) mass is 479 g/mol. The van der Waals surface area contributed by atoms with Crippen LogP contribution in [0.3, 0.4) is 0 Å². The first-order valence-electron chi connectivity index (χ1n) is 10.9. The van der Waals surface area contributed by atoms with E-state index in [9.17, 15) is 8.42 Å². The average Bonchev–Trinajstić information content (AvgIpc) is 3.27. The molecule has 0 N–H and O–H groups in total. The second-order valence-electron chi connectivity index (χ2n) is 7.98. The fraction of sp³-hybridized carbons (Fsp3) is 0.250. The van der Waals surface area contributed by atoms with Crippen LogP contribution >= 0.6 is 11.8 Å². The van der Waals surface area contributed by atoms with Crippen molar-refractivity contribution in [3.63, 3.8) is 0 Å². The van der Waals surface area contributed by atoms with Crippen LogP contribution in [0.4, 0.5) is 0 Å². The van der Waals surface area contributed by atoms with Crippen LogP contribution in [0.25, 0.3) is 5.65 Å². The van der Waals surface area contributed by atoms with Crippen molar-refractivity contribution in [2.24, 2.45) is 0 Å². The fourth-order valence-electron chi connectivity index (χ4n) is 3.93. The van der Waals surface area contributed by atoms with Gasteiger partial charge in [-0.25, -0.2) is 18.4 Å². The Kier molecular flexibility index (Phi) is 6.45. The van der Waals surface area contributed by atoms with Crippen molar-refractivity contribution in [2.75, 3.05) is 26.2 Å². The smallest absolute Gasteiger partial charge is 0.244 e. The second-order valence-corrected chi connectivity index (χ2v) is 10.9. The molecule has 7 nitrogen and oxygen atoms in total. The van der Waals surface area contributed by atoms with E-state index in [0.717, 1.165) is 22.9 Å². The Morgan fingerprint density at radius 1 is 0.909 bits per heavy atom. The number of thioether (sulfide) groups is 1. The Morgan fingerprint density at radius 2 is 1.70 bits per heavy atom. The maximum atomic E-state index is 13.1. The van der Waals surface area contributed by atoms with E-state index in [0.29, 0.717) is 31.9 Å². The molecule has 0 radical (unpaired) electrons. The Morgan fingerprint density at radius 3 is 2.42 bits per heavy atom. The first kappa shape index (κ1) is 22.1. The van der Waals surface area contributed by atoms with Gasteiger partial charge in [0.2, 0.25) is 10.0 Å². The highest BCUT2D eigenvalue weighted by molar-refractivity contribution is 7.98. The molecule has 5 rings (SSSR count). The molecule has 0 spiro atoms. The van der Waals surface area contributed by atoms with E-state index >= 15 is 0 Å². The Hall–Kier alpha value is -2.72. The summed E-state index contributed by atoms with van der Waals surface area (Å²) in [5, 5.41) is 0.777. The van der Waals surface area contributed by atoms with E-state index in [1.165, 1.54) is 11.8 Å². The van der Waals surface area contributed by atoms with Crippen molar-refractivity contribution in [1.29, 1.82) is 0 Å². The van der Waals surface area contributed by atoms with Gasteiger partial charge >= 0.3 is 0 Å². The second kappa shape index (κ2) is 9.64. The van der Waals surface area contributed by atoms with Crippen LogP contribution < -0.4 is 0 Å². The molecule has 0 amide bonds. The van der Waals surface area contributed by atoms with Crippen LogP contribution in [0.15, 0.2) is 89.2 Å². The molecule has 0 saturated carbocycles. The molecule has 3 aromatic heterocycles. The summed E-state index contributed by atoms with van der Waals surface area (Å²) in [6.45, 7) is 3.25. The molecule has 4 aromatic rings. The third-order valence-corrected chi connectivity index (χ3v) is 8.57. The highest BCUT2D eigenvalue weighted by atomic mass is 32.2. The topological polar surface area (TPSA) is 70.8 Å². The molecule has 0 aliphatic carbocycles. The van der Waals surface area contributed by atoms with Crippen LogP contribution in [-0.2, 0) is 22.3 Å². The highest BCUT2D eigenvalue weighted by Gasteiger charge is 2.28. The summed E-state index contributed by atoms with van der Waals surface area (Å²) in [4.78, 5) is 11.5. The number of imidazole rings is 1. The number of rotatable bonds is 7. The zero-order chi connectivity index (χ0) is 22.7. The largest absolute Gasteiger partial charge is 0.307 e. The highest BCUT2D eigenvalue weighted by Crippen LogP contribution is 2.24. The summed E-state index contributed by atoms with van der Waals surface area (Å²) in [6, 6.07) is 19.6. The molecular formula is C24H25N5O2S2. The number of pyridine rings is 2. The Balaban J connectivity index is 1.17. The van der Waals surface area contributed by atoms with Crippen molar-refractivity contribution in [2.45, 2.75) is 22.2 Å². The third-order valence-electron chi connectivity index (χ3n) is 5.71. The van der Waals surface area contributed by atoms with Gasteiger partial charge in [0.05, 0.1) is 10.7 Å². The van der Waals surface area contributed by atoms with E-state index in [2.05, 4.69) is 27.0 Å². The zero-order valence-corrected chi connectivity index (χ0v) is 19.8. The molecule has 0 atom stereocenters. The lowest BCUT2D eigenvalue weighted by molar-refractivity contribution is 0.181. The minimum atomic E-state index is -3.54. The predicted octanol–water partition coefficient (Wildman–Crippen LogP) is 3.53. The van der Waals surface area contributed by atoms with Gasteiger partial charge in [-0.15, -0.1) is 0 Å². The van der Waals surface area contributed by atoms with Gasteiger partial charge in [0.1, 0.15) is 10.5 Å². The van der Waals surface area contributed by atoms with Gasteiger partial charge in [-0.1, -0.05) is 48.2 Å². The SMILES string of the molecule is O=S(=O)(c1ccc(SCc2cn3ccccc3n2)nc1)N1CCN(Cc2ccccc2)CC1. The molecule has 33 heavy (non-hydrogen) atoms. The van der Waals surface area contributed by atoms with Gasteiger partial charge < -0.3 is 4.40 Å². The van der Waals surface area contributed by atoms with Gasteiger partial charge in [0.25, 0.3) is 0 Å². The van der Waals surface area contributed by atoms with Gasteiger partial charge in [-0.3, -0.25) is 4.90 Å². The van der Waals surface area contributed by atoms with Crippen molar-refractivity contribution in [3.8, 4) is 0 Å². The predicted molar refractivity (Wildman–Crippen MR) is 129 cm³/mol. The van der Waals surface area contributed by atoms with Crippen LogP contribution in [0, 0.1) is 0 Å². The standard InChI is InChI=1S/C24H25N5O2S2/c30-33(31,29-14-12-27(13-15-29)17-20-6-2-1-3-7-20)22-9-10-24(25-16-22)32-19-21-18-28-11-5-4-8-23(28)26-21/h1-11,16,18H,12-15,17,19H2. The third kappa shape index (κ3) is 5.11. The van der Waals surface area contributed by atoms with Crippen LogP contribution in [0.2, 0.25) is 0 Å². The molecule has 1 saturated heterocycles. The fourth-order valence-corrected chi connectivity index (χ4v) is 6.02. The quantitative estimate of drug-likeness (QED) is 0.378. The number of aromatic nitrogens is 3. The number of piperazine rings is 1. The van der Waals surface area contributed by atoms with Gasteiger partial charge in [0, 0.05) is 57.1 Å². The lowest BCUT2D eigenvalue weighted by atomic mass is 10.2. The molecule has 170 valence electrons. The van der Waals surface area contributed by atoms with E-state index < -0.39 is 10.0 Å². The summed E-state index contributed by atoms with van der Waals surface area (Å²) in [5.41, 5.74) is 3.11. The van der Waals surface area contributed by atoms with Crippen molar-refractivity contribution < 1.29 is 8.42 Å². The molecule has 1 fully saturated rings. The van der Waals surface area contributed by atoms with Crippen LogP contribution in [-0.4, -0.2) is 58.2 Å². The van der Waals surface area contributed by atoms with Gasteiger partial charge in [0.15, 0.2) is 0 Å². The molecular weight excluding hydrogens is 454 g/mol. The number of hydrogen-bond donors (Lipinski definition) is 0. The summed E-state index contributed by atoms with van der Waals surface area (Å²) in [5.74, 6) is 0.671. The summed E-state index contributed by atoms with van der Waals surface area (Å²) in [7, 11) is -3.54. The van der Waals surface area contributed by atoms with Crippen LogP contribution in [0.1, 0.15) is 11.3 Å². The molecule has 4 heterocycles. The first-order valence-corrected chi connectivity index (χ1v) is 13.3. The van der Waals surface area contributed by atoms with Crippen molar-refractivity contribution in [1.82, 2.24) is 23.6 Å². The van der Waals surface area contributed by atoms with E-state index in [1.807, 2.05) is 53.2 Å². The summed E-state index contributed by atoms with van der Waals surface area (Å²) >= 11 is 1.54. The summed E-state index contributed by atoms with van der Waals surface area (Å²) in [6.07, 6.45) is 5.44. The van der Waals surface area contributed by atoms with E-state index in [4.69, 9.17) is 0 Å². The lowest BCUT2D eigenvalue weighted by Gasteiger charge is -2.33. The Labute approximate surface area is 198 Å². The minimum Gasteiger partial charge on any atom is -0.307 e. The minimum absolute atomic E-state index is 0.246. The molecule has 1 aliphatic rings. The lowest BCUT2D eigenvalue weighted by Crippen LogP contribution is -2.48. The number of sulfonamides is 1. The number of fused-ring (bicyclic) bond motifs is 1. The number of nitrogens with zero attached hydrogens (tertiary/aromatic N) is 5. The van der Waals surface area contributed by atoms with E-state index in [1.54, 1.807) is 28.2 Å². The van der Waals surface area contributed by atoms with Gasteiger partial charge in [-0.2, -0.15) is 4.31 Å². The molecule has 1 aliphatic heterocycles. The Bertz CT molecular complexity index is 1280. The van der Waals surface area contributed by atoms with Crippen molar-refractivity contribution >= 4 is 27.4 Å². The zero-order valence-electron chi connectivity index (χ0n) is 18.1. The van der Waals surface area contributed by atoms with Crippen LogP contribution in [0.5, 0.6) is 0 Å². The summed E-state index contributed by atoms with van der Waals surface area (Å²) < 4.78 is 29.7. The van der Waals surface area contributed by atoms with Gasteiger partial charge in [-0.05, 0) is 29.8 Å². The average molecular weight is 480 g/mol. The normalized spacial score (nSPS) is 15.8. The molecule has 1 aromatic carbocycles. The molecule has 0 bridgehead atoms. The molecule has 9 heteroatoms. The number of benzene rings is 1. The van der Waals surface area contributed by atoms with Crippen molar-refractivity contribution in [3.05, 3.63) is 90.5 Å². The first-order chi connectivity index (χ1) is 16.1. The maximum Gasteiger partial charge on any atom is 0.244 e. The maximum absolute atomic E-state index is 13.1. The van der Waals surface area contributed by atoms with E-state index in [-0.39, 0.29) is 4.90 Å². The number of hydrogen-bond acceptors (Lipinski definition) is 6.